The fraction of sp³-hybridized carbons (Fsp3) is 0.857. The first-order valence-electron chi connectivity index (χ1n) is 6.78. The summed E-state index contributed by atoms with van der Waals surface area (Å²) in [6.45, 7) is 5.56. The van der Waals surface area contributed by atoms with Crippen LogP contribution in [0.25, 0.3) is 0 Å². The molecule has 2 aliphatic rings. The van der Waals surface area contributed by atoms with Gasteiger partial charge in [-0.05, 0) is 58.9 Å². The fourth-order valence-electron chi connectivity index (χ4n) is 2.37. The van der Waals surface area contributed by atoms with Gasteiger partial charge in [0, 0.05) is 6.04 Å². The molecular weight excluding hydrogens is 198 g/mol. The van der Waals surface area contributed by atoms with Crippen LogP contribution in [-0.4, -0.2) is 24.8 Å². The standard InChI is InChI=1S/C14H25NO/c1-11(4-3-9-15-13-6-7-13)10-14-8-5-12(2)16-14/h4,12-15H,3,5-10H2,1-2H3. The lowest BCUT2D eigenvalue weighted by atomic mass is 10.1. The van der Waals surface area contributed by atoms with Gasteiger partial charge in [0.15, 0.2) is 0 Å². The largest absolute Gasteiger partial charge is 0.375 e. The molecule has 2 atom stereocenters. The first-order chi connectivity index (χ1) is 7.74. The van der Waals surface area contributed by atoms with Gasteiger partial charge in [-0.2, -0.15) is 0 Å². The Morgan fingerprint density at radius 2 is 2.12 bits per heavy atom. The topological polar surface area (TPSA) is 21.3 Å². The molecule has 0 aromatic heterocycles. The number of nitrogens with one attached hydrogen (secondary N) is 1. The van der Waals surface area contributed by atoms with Crippen LogP contribution >= 0.6 is 0 Å². The van der Waals surface area contributed by atoms with Crippen molar-refractivity contribution in [2.75, 3.05) is 6.54 Å². The highest BCUT2D eigenvalue weighted by molar-refractivity contribution is 5.01. The molecule has 1 saturated heterocycles. The smallest absolute Gasteiger partial charge is 0.0616 e. The molecule has 0 aromatic carbocycles. The summed E-state index contributed by atoms with van der Waals surface area (Å²) in [5.41, 5.74) is 1.50. The van der Waals surface area contributed by atoms with Gasteiger partial charge in [0.2, 0.25) is 0 Å². The van der Waals surface area contributed by atoms with Crippen molar-refractivity contribution in [2.24, 2.45) is 0 Å². The third-order valence-corrected chi connectivity index (χ3v) is 3.52. The number of ether oxygens (including phenoxy) is 1. The van der Waals surface area contributed by atoms with Crippen molar-refractivity contribution in [1.82, 2.24) is 5.32 Å². The number of rotatable bonds is 6. The van der Waals surface area contributed by atoms with E-state index in [1.54, 1.807) is 0 Å². The van der Waals surface area contributed by atoms with E-state index in [4.69, 9.17) is 4.74 Å². The van der Waals surface area contributed by atoms with Gasteiger partial charge in [0.1, 0.15) is 0 Å². The molecule has 0 aromatic rings. The number of hydrogen-bond acceptors (Lipinski definition) is 2. The first kappa shape index (κ1) is 12.1. The van der Waals surface area contributed by atoms with Crippen molar-refractivity contribution in [2.45, 2.75) is 70.6 Å². The molecule has 2 nitrogen and oxygen atoms in total. The molecule has 2 heteroatoms. The van der Waals surface area contributed by atoms with Crippen LogP contribution in [0.3, 0.4) is 0 Å². The summed E-state index contributed by atoms with van der Waals surface area (Å²) in [5, 5.41) is 3.54. The van der Waals surface area contributed by atoms with Gasteiger partial charge < -0.3 is 10.1 Å². The van der Waals surface area contributed by atoms with Crippen molar-refractivity contribution < 1.29 is 4.74 Å². The van der Waals surface area contributed by atoms with E-state index in [0.29, 0.717) is 12.2 Å². The van der Waals surface area contributed by atoms with Crippen LogP contribution in [0.4, 0.5) is 0 Å². The Labute approximate surface area is 99.4 Å². The molecule has 2 unspecified atom stereocenters. The Balaban J connectivity index is 1.58. The molecule has 1 N–H and O–H groups in total. The normalized spacial score (nSPS) is 31.0. The van der Waals surface area contributed by atoms with E-state index in [2.05, 4.69) is 25.2 Å². The van der Waals surface area contributed by atoms with Crippen LogP contribution in [0.2, 0.25) is 0 Å². The second-order valence-electron chi connectivity index (χ2n) is 5.42. The minimum absolute atomic E-state index is 0.481. The van der Waals surface area contributed by atoms with Crippen molar-refractivity contribution >= 4 is 0 Å². The lowest BCUT2D eigenvalue weighted by Gasteiger charge is -2.11. The number of hydrogen-bond donors (Lipinski definition) is 1. The van der Waals surface area contributed by atoms with Crippen LogP contribution in [-0.2, 0) is 4.74 Å². The summed E-state index contributed by atoms with van der Waals surface area (Å²) in [6.07, 6.45) is 10.9. The van der Waals surface area contributed by atoms with Gasteiger partial charge in [-0.1, -0.05) is 11.6 Å². The zero-order valence-corrected chi connectivity index (χ0v) is 10.7. The van der Waals surface area contributed by atoms with Gasteiger partial charge in [-0.25, -0.2) is 0 Å². The van der Waals surface area contributed by atoms with Crippen LogP contribution in [0.1, 0.15) is 52.4 Å². The van der Waals surface area contributed by atoms with E-state index in [9.17, 15) is 0 Å². The van der Waals surface area contributed by atoms with E-state index >= 15 is 0 Å². The summed E-state index contributed by atoms with van der Waals surface area (Å²) < 4.78 is 5.83. The summed E-state index contributed by atoms with van der Waals surface area (Å²) in [7, 11) is 0. The van der Waals surface area contributed by atoms with Gasteiger partial charge in [-0.3, -0.25) is 0 Å². The van der Waals surface area contributed by atoms with E-state index in [1.807, 2.05) is 0 Å². The Morgan fingerprint density at radius 3 is 2.75 bits per heavy atom. The van der Waals surface area contributed by atoms with Crippen molar-refractivity contribution in [3.05, 3.63) is 11.6 Å². The molecule has 0 radical (unpaired) electrons. The Morgan fingerprint density at radius 1 is 1.31 bits per heavy atom. The molecule has 0 spiro atoms. The Hall–Kier alpha value is -0.340. The van der Waals surface area contributed by atoms with Crippen molar-refractivity contribution in [3.63, 3.8) is 0 Å². The summed E-state index contributed by atoms with van der Waals surface area (Å²) in [5.74, 6) is 0. The maximum Gasteiger partial charge on any atom is 0.0616 e. The average molecular weight is 223 g/mol. The van der Waals surface area contributed by atoms with Crippen molar-refractivity contribution in [3.8, 4) is 0 Å². The summed E-state index contributed by atoms with van der Waals surface area (Å²) in [4.78, 5) is 0. The van der Waals surface area contributed by atoms with Gasteiger partial charge in [0.05, 0.1) is 12.2 Å². The first-order valence-corrected chi connectivity index (χ1v) is 6.78. The molecule has 0 amide bonds. The maximum absolute atomic E-state index is 5.83. The third-order valence-electron chi connectivity index (χ3n) is 3.52. The SMILES string of the molecule is CC(=CCCNC1CC1)CC1CCC(C)O1. The van der Waals surface area contributed by atoms with Gasteiger partial charge in [0.25, 0.3) is 0 Å². The summed E-state index contributed by atoms with van der Waals surface area (Å²) in [6, 6.07) is 0.840. The highest BCUT2D eigenvalue weighted by Crippen LogP contribution is 2.24. The molecule has 0 bridgehead atoms. The van der Waals surface area contributed by atoms with E-state index in [1.165, 1.54) is 37.7 Å². The molecule has 92 valence electrons. The molecule has 1 aliphatic heterocycles. The fourth-order valence-corrected chi connectivity index (χ4v) is 2.37. The van der Waals surface area contributed by atoms with Crippen LogP contribution in [0.15, 0.2) is 11.6 Å². The van der Waals surface area contributed by atoms with E-state index in [0.717, 1.165) is 19.0 Å². The molecule has 2 rings (SSSR count). The quantitative estimate of drug-likeness (QED) is 0.552. The lowest BCUT2D eigenvalue weighted by Crippen LogP contribution is -2.16. The second kappa shape index (κ2) is 5.83. The highest BCUT2D eigenvalue weighted by atomic mass is 16.5. The van der Waals surface area contributed by atoms with Gasteiger partial charge >= 0.3 is 0 Å². The summed E-state index contributed by atoms with van der Waals surface area (Å²) >= 11 is 0. The molecule has 2 fully saturated rings. The minimum atomic E-state index is 0.481. The van der Waals surface area contributed by atoms with Crippen LogP contribution in [0.5, 0.6) is 0 Å². The monoisotopic (exact) mass is 223 g/mol. The van der Waals surface area contributed by atoms with E-state index < -0.39 is 0 Å². The van der Waals surface area contributed by atoms with Crippen LogP contribution < -0.4 is 5.32 Å². The third kappa shape index (κ3) is 4.26. The Bertz CT molecular complexity index is 245. The molecular formula is C14H25NO. The molecule has 1 saturated carbocycles. The molecule has 1 heterocycles. The van der Waals surface area contributed by atoms with Gasteiger partial charge in [-0.15, -0.1) is 0 Å². The van der Waals surface area contributed by atoms with Crippen LogP contribution in [0, 0.1) is 0 Å². The minimum Gasteiger partial charge on any atom is -0.375 e. The Kier molecular flexibility index (Phi) is 4.42. The predicted molar refractivity (Wildman–Crippen MR) is 67.6 cm³/mol. The lowest BCUT2D eigenvalue weighted by molar-refractivity contribution is 0.0564. The van der Waals surface area contributed by atoms with Crippen molar-refractivity contribution in [1.29, 1.82) is 0 Å². The maximum atomic E-state index is 5.83. The zero-order valence-electron chi connectivity index (χ0n) is 10.7. The van der Waals surface area contributed by atoms with E-state index in [-0.39, 0.29) is 0 Å². The molecule has 16 heavy (non-hydrogen) atoms. The average Bonchev–Trinajstić information content (AvgIpc) is 2.98. The zero-order chi connectivity index (χ0) is 11.4. The highest BCUT2D eigenvalue weighted by Gasteiger charge is 2.21. The predicted octanol–water partition coefficient (Wildman–Crippen LogP) is 3.03. The second-order valence-corrected chi connectivity index (χ2v) is 5.42. The molecule has 1 aliphatic carbocycles.